The van der Waals surface area contributed by atoms with Crippen LogP contribution in [-0.4, -0.2) is 10.7 Å². The van der Waals surface area contributed by atoms with Crippen molar-refractivity contribution < 1.29 is 17.9 Å². The second kappa shape index (κ2) is 6.03. The van der Waals surface area contributed by atoms with Crippen molar-refractivity contribution in [2.45, 2.75) is 19.2 Å². The average molecular weight is 297 g/mol. The molecule has 0 atom stereocenters. The molecular weight excluding hydrogens is 283 g/mol. The van der Waals surface area contributed by atoms with Crippen LogP contribution in [0, 0.1) is 0 Å². The lowest BCUT2D eigenvalue weighted by atomic mass is 10.2. The van der Waals surface area contributed by atoms with Gasteiger partial charge in [0.2, 0.25) is 5.43 Å². The third kappa shape index (κ3) is 4.37. The summed E-state index contributed by atoms with van der Waals surface area (Å²) in [5, 5.41) is 0. The fourth-order valence-corrected chi connectivity index (χ4v) is 1.87. The highest BCUT2D eigenvalue weighted by atomic mass is 19.4. The Morgan fingerprint density at radius 1 is 1.19 bits per heavy atom. The number of nitrogens with zero attached hydrogens (tertiary/aromatic N) is 1. The van der Waals surface area contributed by atoms with Crippen molar-refractivity contribution >= 4 is 0 Å². The minimum atomic E-state index is -4.35. The van der Waals surface area contributed by atoms with Gasteiger partial charge in [-0.25, -0.2) is 0 Å². The molecule has 0 bridgehead atoms. The number of hydrogen-bond donors (Lipinski definition) is 0. The molecule has 6 heteroatoms. The number of aromatic nitrogens is 1. The van der Waals surface area contributed by atoms with Crippen LogP contribution in [0.5, 0.6) is 5.75 Å². The maximum absolute atomic E-state index is 12.4. The van der Waals surface area contributed by atoms with Crippen molar-refractivity contribution in [3.63, 3.8) is 0 Å². The molecule has 2 aromatic rings. The predicted molar refractivity (Wildman–Crippen MR) is 72.2 cm³/mol. The van der Waals surface area contributed by atoms with E-state index in [-0.39, 0.29) is 18.1 Å². The molecule has 0 aliphatic rings. The lowest BCUT2D eigenvalue weighted by molar-refractivity contribution is -0.128. The lowest BCUT2D eigenvalue weighted by Gasteiger charge is -2.13. The molecule has 0 radical (unpaired) electrons. The van der Waals surface area contributed by atoms with Crippen LogP contribution in [0.4, 0.5) is 13.2 Å². The van der Waals surface area contributed by atoms with Crippen LogP contribution < -0.4 is 10.2 Å². The largest absolute Gasteiger partial charge is 0.483 e. The SMILES string of the molecule is Cn1cc(OCc2ccccc2)c(=O)cc1CC(F)(F)F. The summed E-state index contributed by atoms with van der Waals surface area (Å²) in [6.45, 7) is 0.189. The van der Waals surface area contributed by atoms with Crippen LogP contribution in [0.15, 0.2) is 47.4 Å². The molecule has 0 aliphatic heterocycles. The van der Waals surface area contributed by atoms with Crippen molar-refractivity contribution in [2.24, 2.45) is 7.05 Å². The number of hydrogen-bond acceptors (Lipinski definition) is 2. The molecule has 0 saturated heterocycles. The summed E-state index contributed by atoms with van der Waals surface area (Å²) in [6.07, 6.45) is -4.21. The minimum Gasteiger partial charge on any atom is -0.483 e. The molecule has 1 aromatic heterocycles. The second-order valence-electron chi connectivity index (χ2n) is 4.67. The Labute approximate surface area is 119 Å². The van der Waals surface area contributed by atoms with Crippen molar-refractivity contribution in [1.29, 1.82) is 0 Å². The fourth-order valence-electron chi connectivity index (χ4n) is 1.87. The van der Waals surface area contributed by atoms with E-state index in [4.69, 9.17) is 4.74 Å². The standard InChI is InChI=1S/C15H14F3NO2/c1-19-9-14(21-10-11-5-3-2-4-6-11)13(20)7-12(19)8-15(16,17)18/h2-7,9H,8,10H2,1H3. The van der Waals surface area contributed by atoms with Gasteiger partial charge in [0.25, 0.3) is 0 Å². The van der Waals surface area contributed by atoms with Gasteiger partial charge < -0.3 is 9.30 Å². The van der Waals surface area contributed by atoms with E-state index in [0.717, 1.165) is 11.6 Å². The van der Waals surface area contributed by atoms with Crippen molar-refractivity contribution in [2.75, 3.05) is 0 Å². The maximum atomic E-state index is 12.4. The smallest absolute Gasteiger partial charge is 0.394 e. The molecule has 1 aromatic carbocycles. The van der Waals surface area contributed by atoms with Gasteiger partial charge in [-0.3, -0.25) is 4.79 Å². The number of benzene rings is 1. The average Bonchev–Trinajstić information content (AvgIpc) is 2.40. The Morgan fingerprint density at radius 2 is 1.86 bits per heavy atom. The van der Waals surface area contributed by atoms with E-state index in [1.165, 1.54) is 17.8 Å². The summed E-state index contributed by atoms with van der Waals surface area (Å²) in [5.41, 5.74) is 0.224. The molecule has 112 valence electrons. The molecular formula is C15H14F3NO2. The molecule has 0 aliphatic carbocycles. The molecule has 0 spiro atoms. The zero-order valence-electron chi connectivity index (χ0n) is 11.4. The number of alkyl halides is 3. The van der Waals surface area contributed by atoms with Crippen LogP contribution in [0.25, 0.3) is 0 Å². The number of aryl methyl sites for hydroxylation is 1. The first-order valence-corrected chi connectivity index (χ1v) is 6.28. The van der Waals surface area contributed by atoms with Gasteiger partial charge in [0.1, 0.15) is 6.61 Å². The number of halogens is 3. The van der Waals surface area contributed by atoms with E-state index >= 15 is 0 Å². The first-order valence-electron chi connectivity index (χ1n) is 6.28. The van der Waals surface area contributed by atoms with E-state index in [0.29, 0.717) is 0 Å². The van der Waals surface area contributed by atoms with Crippen LogP contribution in [0.2, 0.25) is 0 Å². The monoisotopic (exact) mass is 297 g/mol. The van der Waals surface area contributed by atoms with Gasteiger partial charge in [-0.1, -0.05) is 30.3 Å². The van der Waals surface area contributed by atoms with E-state index in [9.17, 15) is 18.0 Å². The van der Waals surface area contributed by atoms with Gasteiger partial charge in [0.05, 0.1) is 12.6 Å². The topological polar surface area (TPSA) is 31.2 Å². The molecule has 0 saturated carbocycles. The quantitative estimate of drug-likeness (QED) is 0.868. The highest BCUT2D eigenvalue weighted by Crippen LogP contribution is 2.21. The summed E-state index contributed by atoms with van der Waals surface area (Å²) in [4.78, 5) is 11.8. The minimum absolute atomic E-state index is 0.0345. The predicted octanol–water partition coefficient (Wildman–Crippen LogP) is 3.07. The molecule has 1 heterocycles. The van der Waals surface area contributed by atoms with E-state index in [1.54, 1.807) is 0 Å². The zero-order chi connectivity index (χ0) is 15.5. The van der Waals surface area contributed by atoms with Crippen LogP contribution in [0.3, 0.4) is 0 Å². The number of ether oxygens (including phenoxy) is 1. The van der Waals surface area contributed by atoms with Crippen molar-refractivity contribution in [3.05, 3.63) is 64.1 Å². The van der Waals surface area contributed by atoms with Gasteiger partial charge in [0, 0.05) is 18.8 Å². The summed E-state index contributed by atoms with van der Waals surface area (Å²) in [6, 6.07) is 10.2. The first kappa shape index (κ1) is 15.2. The van der Waals surface area contributed by atoms with Gasteiger partial charge in [-0.2, -0.15) is 13.2 Å². The van der Waals surface area contributed by atoms with Crippen LogP contribution in [-0.2, 0) is 20.1 Å². The van der Waals surface area contributed by atoms with Gasteiger partial charge in [0.15, 0.2) is 5.75 Å². The second-order valence-corrected chi connectivity index (χ2v) is 4.67. The van der Waals surface area contributed by atoms with E-state index in [2.05, 4.69) is 0 Å². The van der Waals surface area contributed by atoms with E-state index in [1.807, 2.05) is 30.3 Å². The Balaban J connectivity index is 2.15. The zero-order valence-corrected chi connectivity index (χ0v) is 11.4. The fraction of sp³-hybridized carbons (Fsp3) is 0.267. The molecule has 0 unspecified atom stereocenters. The Bertz CT molecular complexity index is 663. The molecule has 0 amide bonds. The highest BCUT2D eigenvalue weighted by molar-refractivity contribution is 5.23. The van der Waals surface area contributed by atoms with Crippen molar-refractivity contribution in [1.82, 2.24) is 4.57 Å². The van der Waals surface area contributed by atoms with Crippen LogP contribution >= 0.6 is 0 Å². The summed E-state index contributed by atoms with van der Waals surface area (Å²) in [5.74, 6) is 0.0345. The van der Waals surface area contributed by atoms with Gasteiger partial charge >= 0.3 is 6.18 Å². The Kier molecular flexibility index (Phi) is 4.35. The Morgan fingerprint density at radius 3 is 2.48 bits per heavy atom. The summed E-state index contributed by atoms with van der Waals surface area (Å²) < 4.78 is 43.8. The normalized spacial score (nSPS) is 11.4. The highest BCUT2D eigenvalue weighted by Gasteiger charge is 2.29. The number of rotatable bonds is 4. The molecule has 3 nitrogen and oxygen atoms in total. The number of pyridine rings is 1. The summed E-state index contributed by atoms with van der Waals surface area (Å²) in [7, 11) is 1.45. The summed E-state index contributed by atoms with van der Waals surface area (Å²) >= 11 is 0. The Hall–Kier alpha value is -2.24. The van der Waals surface area contributed by atoms with Crippen LogP contribution in [0.1, 0.15) is 11.3 Å². The molecule has 2 rings (SSSR count). The van der Waals surface area contributed by atoms with Crippen molar-refractivity contribution in [3.8, 4) is 5.75 Å². The molecule has 21 heavy (non-hydrogen) atoms. The van der Waals surface area contributed by atoms with Gasteiger partial charge in [-0.05, 0) is 5.56 Å². The third-order valence-electron chi connectivity index (χ3n) is 2.92. The third-order valence-corrected chi connectivity index (χ3v) is 2.92. The maximum Gasteiger partial charge on any atom is 0.394 e. The molecule has 0 fully saturated rings. The molecule has 0 N–H and O–H groups in total. The van der Waals surface area contributed by atoms with Gasteiger partial charge in [-0.15, -0.1) is 0 Å². The van der Waals surface area contributed by atoms with E-state index < -0.39 is 18.0 Å². The first-order chi connectivity index (χ1) is 9.85. The lowest BCUT2D eigenvalue weighted by Crippen LogP contribution is -2.19.